The number of benzene rings is 2. The number of ether oxygens (including phenoxy) is 1. The highest BCUT2D eigenvalue weighted by atomic mass is 35.5. The molecule has 1 N–H and O–H groups in total. The van der Waals surface area contributed by atoms with Crippen LogP contribution in [-0.4, -0.2) is 29.6 Å². The number of amides is 1. The van der Waals surface area contributed by atoms with Crippen molar-refractivity contribution in [2.24, 2.45) is 0 Å². The molecule has 0 bridgehead atoms. The lowest BCUT2D eigenvalue weighted by molar-refractivity contribution is -0.0304. The summed E-state index contributed by atoms with van der Waals surface area (Å²) in [5.41, 5.74) is 1.29. The minimum Gasteiger partial charge on any atom is -0.467 e. The quantitative estimate of drug-likeness (QED) is 0.908. The lowest BCUT2D eigenvalue weighted by Gasteiger charge is -2.44. The first kappa shape index (κ1) is 15.5. The van der Waals surface area contributed by atoms with E-state index in [1.54, 1.807) is 6.07 Å². The van der Waals surface area contributed by atoms with Gasteiger partial charge in [0.2, 0.25) is 0 Å². The van der Waals surface area contributed by atoms with Crippen molar-refractivity contribution < 1.29 is 9.53 Å². The van der Waals surface area contributed by atoms with Gasteiger partial charge in [0, 0.05) is 37.5 Å². The first-order valence-electron chi connectivity index (χ1n) is 8.21. The number of hydrogen-bond donors (Lipinski definition) is 1. The van der Waals surface area contributed by atoms with Crippen molar-refractivity contribution in [1.82, 2.24) is 10.2 Å². The molecule has 2 aromatic rings. The summed E-state index contributed by atoms with van der Waals surface area (Å²) in [7, 11) is 0. The van der Waals surface area contributed by atoms with E-state index in [2.05, 4.69) is 22.3 Å². The fourth-order valence-electron chi connectivity index (χ4n) is 3.40. The van der Waals surface area contributed by atoms with Crippen molar-refractivity contribution in [2.75, 3.05) is 13.1 Å². The lowest BCUT2D eigenvalue weighted by Crippen LogP contribution is -2.60. The van der Waals surface area contributed by atoms with Gasteiger partial charge in [0.05, 0.1) is 5.56 Å². The first-order chi connectivity index (χ1) is 11.6. The third-order valence-electron chi connectivity index (χ3n) is 4.76. The predicted molar refractivity (Wildman–Crippen MR) is 93.2 cm³/mol. The first-order valence-corrected chi connectivity index (χ1v) is 8.59. The summed E-state index contributed by atoms with van der Waals surface area (Å²) < 4.78 is 6.17. The van der Waals surface area contributed by atoms with Crippen LogP contribution in [0.1, 0.15) is 28.8 Å². The zero-order valence-electron chi connectivity index (χ0n) is 13.3. The molecule has 2 heterocycles. The summed E-state index contributed by atoms with van der Waals surface area (Å²) in [4.78, 5) is 14.7. The Kier molecular flexibility index (Phi) is 3.94. The zero-order chi connectivity index (χ0) is 16.6. The van der Waals surface area contributed by atoms with Crippen LogP contribution in [0.4, 0.5) is 0 Å². The fourth-order valence-corrected chi connectivity index (χ4v) is 3.53. The standard InChI is InChI=1S/C19H19ClN2O2/c20-15-7-5-14(6-8-15)13-22-11-9-19(10-12-22)21-18(23)16-3-1-2-4-17(16)24-19/h1-8H,9-13H2,(H,21,23). The fraction of sp³-hybridized carbons (Fsp3) is 0.316. The molecular formula is C19H19ClN2O2. The van der Waals surface area contributed by atoms with Crippen LogP contribution in [0.5, 0.6) is 5.75 Å². The molecule has 4 rings (SSSR count). The van der Waals surface area contributed by atoms with Crippen LogP contribution in [0.2, 0.25) is 5.02 Å². The Morgan fingerprint density at radius 2 is 1.79 bits per heavy atom. The third kappa shape index (κ3) is 2.99. The number of hydrogen-bond acceptors (Lipinski definition) is 3. The average molecular weight is 343 g/mol. The topological polar surface area (TPSA) is 41.6 Å². The maximum Gasteiger partial charge on any atom is 0.258 e. The molecule has 4 nitrogen and oxygen atoms in total. The number of nitrogens with zero attached hydrogens (tertiary/aromatic N) is 1. The lowest BCUT2D eigenvalue weighted by atomic mass is 9.96. The molecule has 2 aliphatic heterocycles. The maximum absolute atomic E-state index is 12.3. The van der Waals surface area contributed by atoms with Crippen LogP contribution >= 0.6 is 11.6 Å². The van der Waals surface area contributed by atoms with Crippen molar-refractivity contribution in [1.29, 1.82) is 0 Å². The number of nitrogens with one attached hydrogen (secondary N) is 1. The summed E-state index contributed by atoms with van der Waals surface area (Å²) in [6.45, 7) is 2.65. The number of fused-ring (bicyclic) bond motifs is 1. The monoisotopic (exact) mass is 342 g/mol. The molecule has 0 aliphatic carbocycles. The molecule has 0 unspecified atom stereocenters. The normalized spacial score (nSPS) is 19.5. The van der Waals surface area contributed by atoms with Crippen molar-refractivity contribution in [3.8, 4) is 5.75 Å². The number of piperidine rings is 1. The van der Waals surface area contributed by atoms with E-state index in [9.17, 15) is 4.79 Å². The minimum absolute atomic E-state index is 0.0389. The molecular weight excluding hydrogens is 324 g/mol. The minimum atomic E-state index is -0.568. The Morgan fingerprint density at radius 3 is 2.54 bits per heavy atom. The van der Waals surface area contributed by atoms with Crippen molar-refractivity contribution >= 4 is 17.5 Å². The van der Waals surface area contributed by atoms with E-state index in [1.807, 2.05) is 30.3 Å². The number of para-hydroxylation sites is 1. The molecule has 0 atom stereocenters. The second kappa shape index (κ2) is 6.11. The van der Waals surface area contributed by atoms with Crippen molar-refractivity contribution in [3.05, 3.63) is 64.7 Å². The van der Waals surface area contributed by atoms with Crippen LogP contribution in [0.3, 0.4) is 0 Å². The van der Waals surface area contributed by atoms with Gasteiger partial charge in [-0.2, -0.15) is 0 Å². The molecule has 24 heavy (non-hydrogen) atoms. The van der Waals surface area contributed by atoms with Gasteiger partial charge in [-0.3, -0.25) is 9.69 Å². The number of carbonyl (C=O) groups excluding carboxylic acids is 1. The molecule has 2 aliphatic rings. The smallest absolute Gasteiger partial charge is 0.258 e. The average Bonchev–Trinajstić information content (AvgIpc) is 2.59. The van der Waals surface area contributed by atoms with Gasteiger partial charge in [0.25, 0.3) is 5.91 Å². The molecule has 1 fully saturated rings. The molecule has 0 saturated carbocycles. The van der Waals surface area contributed by atoms with Gasteiger partial charge in [-0.05, 0) is 29.8 Å². The second-order valence-corrected chi connectivity index (χ2v) is 6.89. The Morgan fingerprint density at radius 1 is 1.08 bits per heavy atom. The summed E-state index contributed by atoms with van der Waals surface area (Å²) in [5.74, 6) is 0.649. The van der Waals surface area contributed by atoms with E-state index in [0.29, 0.717) is 11.3 Å². The van der Waals surface area contributed by atoms with Gasteiger partial charge >= 0.3 is 0 Å². The van der Waals surface area contributed by atoms with Crippen LogP contribution in [0.15, 0.2) is 48.5 Å². The maximum atomic E-state index is 12.3. The molecule has 1 amide bonds. The Labute approximate surface area is 146 Å². The van der Waals surface area contributed by atoms with Crippen molar-refractivity contribution in [2.45, 2.75) is 25.1 Å². The number of rotatable bonds is 2. The summed E-state index contributed by atoms with van der Waals surface area (Å²) in [6.07, 6.45) is 1.56. The van der Waals surface area contributed by atoms with Gasteiger partial charge in [-0.1, -0.05) is 35.9 Å². The number of halogens is 1. The van der Waals surface area contributed by atoms with Crippen LogP contribution in [0.25, 0.3) is 0 Å². The van der Waals surface area contributed by atoms with Gasteiger partial charge in [-0.25, -0.2) is 0 Å². The van der Waals surface area contributed by atoms with E-state index in [-0.39, 0.29) is 5.91 Å². The number of likely N-dealkylation sites (tertiary alicyclic amines) is 1. The Bertz CT molecular complexity index is 752. The second-order valence-electron chi connectivity index (χ2n) is 6.45. The Hall–Kier alpha value is -2.04. The third-order valence-corrected chi connectivity index (χ3v) is 5.01. The Balaban J connectivity index is 1.43. The van der Waals surface area contributed by atoms with Crippen LogP contribution in [0, 0.1) is 0 Å². The van der Waals surface area contributed by atoms with E-state index < -0.39 is 5.72 Å². The molecule has 1 spiro atoms. The van der Waals surface area contributed by atoms with E-state index >= 15 is 0 Å². The van der Waals surface area contributed by atoms with Crippen LogP contribution in [-0.2, 0) is 6.54 Å². The highest BCUT2D eigenvalue weighted by Crippen LogP contribution is 2.33. The van der Waals surface area contributed by atoms with E-state index in [4.69, 9.17) is 16.3 Å². The summed E-state index contributed by atoms with van der Waals surface area (Å²) in [6, 6.07) is 15.4. The summed E-state index contributed by atoms with van der Waals surface area (Å²) >= 11 is 5.94. The van der Waals surface area contributed by atoms with E-state index in [1.165, 1.54) is 5.56 Å². The molecule has 124 valence electrons. The van der Waals surface area contributed by atoms with Gasteiger partial charge < -0.3 is 10.1 Å². The molecule has 2 aromatic carbocycles. The number of carbonyl (C=O) groups is 1. The predicted octanol–water partition coefficient (Wildman–Crippen LogP) is 3.45. The van der Waals surface area contributed by atoms with Gasteiger partial charge in [-0.15, -0.1) is 0 Å². The SMILES string of the molecule is O=C1NC2(CCN(Cc3ccc(Cl)cc3)CC2)Oc2ccccc21. The highest BCUT2D eigenvalue weighted by molar-refractivity contribution is 6.30. The highest BCUT2D eigenvalue weighted by Gasteiger charge is 2.42. The van der Waals surface area contributed by atoms with Crippen LogP contribution < -0.4 is 10.1 Å². The van der Waals surface area contributed by atoms with Gasteiger partial charge in [0.1, 0.15) is 5.75 Å². The molecule has 0 aromatic heterocycles. The summed E-state index contributed by atoms with van der Waals surface area (Å²) in [5, 5.41) is 3.83. The van der Waals surface area contributed by atoms with Gasteiger partial charge in [0.15, 0.2) is 5.72 Å². The van der Waals surface area contributed by atoms with Crippen molar-refractivity contribution in [3.63, 3.8) is 0 Å². The zero-order valence-corrected chi connectivity index (χ0v) is 14.1. The molecule has 1 saturated heterocycles. The molecule has 5 heteroatoms. The molecule has 0 radical (unpaired) electrons. The largest absolute Gasteiger partial charge is 0.467 e. The van der Waals surface area contributed by atoms with E-state index in [0.717, 1.165) is 37.5 Å².